The van der Waals surface area contributed by atoms with E-state index >= 15 is 0 Å². The van der Waals surface area contributed by atoms with Crippen LogP contribution in [-0.2, 0) is 7.05 Å². The van der Waals surface area contributed by atoms with Crippen LogP contribution >= 0.6 is 0 Å². The normalized spacial score (nSPS) is 15.6. The summed E-state index contributed by atoms with van der Waals surface area (Å²) in [6, 6.07) is 15.6. The molecule has 0 bridgehead atoms. The molecule has 4 nitrogen and oxygen atoms in total. The first-order chi connectivity index (χ1) is 15.3. The highest BCUT2D eigenvalue weighted by atomic mass is 16.3. The van der Waals surface area contributed by atoms with Crippen molar-refractivity contribution in [2.75, 3.05) is 11.9 Å². The van der Waals surface area contributed by atoms with Crippen molar-refractivity contribution in [2.24, 2.45) is 7.05 Å². The van der Waals surface area contributed by atoms with Crippen molar-refractivity contribution in [3.05, 3.63) is 77.7 Å². The predicted molar refractivity (Wildman–Crippen MR) is 119 cm³/mol. The molecule has 4 aromatic rings. The summed E-state index contributed by atoms with van der Waals surface area (Å²) in [5.41, 5.74) is 5.66. The number of pyridine rings is 2. The molecule has 1 aliphatic heterocycles. The van der Waals surface area contributed by atoms with Gasteiger partial charge in [0.2, 0.25) is 5.71 Å². The van der Waals surface area contributed by atoms with E-state index in [9.17, 15) is 0 Å². The van der Waals surface area contributed by atoms with Crippen LogP contribution in [0.3, 0.4) is 0 Å². The van der Waals surface area contributed by atoms with Crippen molar-refractivity contribution in [3.8, 4) is 11.1 Å². The maximum Gasteiger partial charge on any atom is 0.399 e. The minimum Gasteiger partial charge on any atom is -0.436 e. The van der Waals surface area contributed by atoms with Gasteiger partial charge in [-0.1, -0.05) is 35.8 Å². The monoisotopic (exact) mass is 383 g/mol. The van der Waals surface area contributed by atoms with Crippen LogP contribution < -0.4 is 15.0 Å². The van der Waals surface area contributed by atoms with E-state index < -0.39 is 6.85 Å². The second-order valence-electron chi connectivity index (χ2n) is 7.58. The lowest BCUT2D eigenvalue weighted by molar-refractivity contribution is -0.654. The second kappa shape index (κ2) is 6.62. The summed E-state index contributed by atoms with van der Waals surface area (Å²) >= 11 is 0. The zero-order valence-corrected chi connectivity index (χ0v) is 16.7. The number of fused-ring (bicyclic) bond motifs is 3. The Morgan fingerprint density at radius 2 is 2.00 bits per heavy atom. The van der Waals surface area contributed by atoms with Gasteiger partial charge in [0.15, 0.2) is 17.6 Å². The summed E-state index contributed by atoms with van der Waals surface area (Å²) in [6.45, 7) is -0.226. The van der Waals surface area contributed by atoms with E-state index in [2.05, 4.69) is 22.8 Å². The van der Waals surface area contributed by atoms with Crippen molar-refractivity contribution in [2.45, 2.75) is 13.8 Å². The number of rotatable bonds is 2. The van der Waals surface area contributed by atoms with Crippen molar-refractivity contribution >= 4 is 35.3 Å². The maximum atomic E-state index is 8.10. The molecule has 5 heteroatoms. The third-order valence-electron chi connectivity index (χ3n) is 5.67. The van der Waals surface area contributed by atoms with Gasteiger partial charge in [0, 0.05) is 21.9 Å². The second-order valence-corrected chi connectivity index (χ2v) is 7.58. The number of anilines is 1. The Bertz CT molecular complexity index is 1360. The van der Waals surface area contributed by atoms with Crippen LogP contribution in [0.1, 0.15) is 22.4 Å². The largest absolute Gasteiger partial charge is 0.436 e. The standard InChI is InChI=1S/C24H23BN3O/c1-16-15-27(3)22(14-20(16)18-9-6-5-7-10-18)25-17(2)13-21-23(28(25)4)19-11-8-12-26-24(19)29-21/h5-15H,1-4H3/q+1/i1D3. The highest BCUT2D eigenvalue weighted by Crippen LogP contribution is 2.38. The van der Waals surface area contributed by atoms with Gasteiger partial charge in [-0.3, -0.25) is 0 Å². The zero-order valence-electron chi connectivity index (χ0n) is 19.7. The number of benzene rings is 1. The minimum absolute atomic E-state index is 0.0818. The van der Waals surface area contributed by atoms with E-state index in [1.807, 2.05) is 67.2 Å². The summed E-state index contributed by atoms with van der Waals surface area (Å²) in [6.07, 6.45) is 5.53. The third-order valence-corrected chi connectivity index (χ3v) is 5.67. The van der Waals surface area contributed by atoms with E-state index in [1.54, 1.807) is 12.4 Å². The van der Waals surface area contributed by atoms with Crippen molar-refractivity contribution in [1.82, 2.24) is 4.98 Å². The molecule has 0 amide bonds. The Hall–Kier alpha value is -3.34. The molecule has 0 spiro atoms. The molecule has 1 aromatic carbocycles. The topological polar surface area (TPSA) is 33.1 Å². The number of hydrogen-bond donors (Lipinski definition) is 0. The van der Waals surface area contributed by atoms with Crippen molar-refractivity contribution in [1.29, 1.82) is 0 Å². The molecule has 0 atom stereocenters. The smallest absolute Gasteiger partial charge is 0.399 e. The summed E-state index contributed by atoms with van der Waals surface area (Å²) in [7, 11) is 3.95. The Balaban J connectivity index is 1.71. The summed E-state index contributed by atoms with van der Waals surface area (Å²) < 4.78 is 32.2. The highest BCUT2D eigenvalue weighted by Gasteiger charge is 2.39. The van der Waals surface area contributed by atoms with E-state index in [-0.39, 0.29) is 6.85 Å². The zero-order chi connectivity index (χ0) is 22.6. The molecule has 1 aliphatic rings. The molecule has 29 heavy (non-hydrogen) atoms. The molecule has 3 aromatic heterocycles. The summed E-state index contributed by atoms with van der Waals surface area (Å²) in [4.78, 5) is 6.55. The molecule has 4 heterocycles. The van der Waals surface area contributed by atoms with Crippen LogP contribution in [0.4, 0.5) is 5.69 Å². The third kappa shape index (κ3) is 2.77. The molecule has 142 valence electrons. The van der Waals surface area contributed by atoms with Crippen LogP contribution in [0.2, 0.25) is 0 Å². The van der Waals surface area contributed by atoms with E-state index in [1.165, 1.54) is 0 Å². The molecular formula is C24H23BN3O+. The lowest BCUT2D eigenvalue weighted by Crippen LogP contribution is -2.62. The van der Waals surface area contributed by atoms with Crippen molar-refractivity contribution in [3.63, 3.8) is 0 Å². The van der Waals surface area contributed by atoms with Crippen LogP contribution in [0.5, 0.6) is 0 Å². The van der Waals surface area contributed by atoms with Gasteiger partial charge in [-0.25, -0.2) is 9.55 Å². The molecule has 5 rings (SSSR count). The van der Waals surface area contributed by atoms with Gasteiger partial charge in [-0.05, 0) is 50.2 Å². The molecular weight excluding hydrogens is 357 g/mol. The fourth-order valence-corrected chi connectivity index (χ4v) is 4.34. The quantitative estimate of drug-likeness (QED) is 0.389. The number of furan rings is 1. The first-order valence-electron chi connectivity index (χ1n) is 11.1. The molecule has 0 fully saturated rings. The molecule has 0 saturated heterocycles. The van der Waals surface area contributed by atoms with Crippen LogP contribution in [0.25, 0.3) is 28.3 Å². The van der Waals surface area contributed by atoms with Crippen LogP contribution in [-0.4, -0.2) is 18.9 Å². The van der Waals surface area contributed by atoms with Gasteiger partial charge in [0.1, 0.15) is 7.05 Å². The number of allylic oxidation sites excluding steroid dienone is 1. The van der Waals surface area contributed by atoms with Crippen LogP contribution in [0, 0.1) is 6.85 Å². The summed E-state index contributed by atoms with van der Waals surface area (Å²) in [5, 5.41) is 0.962. The SMILES string of the molecule is [2H]C([2H])([2H])c1c[n+](C)c(B2C(C)=Cc3oc4ncccc4c3N2C)cc1-c1ccccc1. The Labute approximate surface area is 175 Å². The lowest BCUT2D eigenvalue weighted by Gasteiger charge is -2.29. The molecule has 0 unspecified atom stereocenters. The average Bonchev–Trinajstić information content (AvgIpc) is 3.12. The van der Waals surface area contributed by atoms with E-state index in [0.717, 1.165) is 39.0 Å². The molecule has 0 N–H and O–H groups in total. The number of aryl methyl sites for hydroxylation is 2. The van der Waals surface area contributed by atoms with Gasteiger partial charge in [0.05, 0.1) is 11.1 Å². The number of hydrogen-bond acceptors (Lipinski definition) is 3. The van der Waals surface area contributed by atoms with Gasteiger partial charge in [-0.2, -0.15) is 0 Å². The molecule has 0 aliphatic carbocycles. The van der Waals surface area contributed by atoms with Gasteiger partial charge >= 0.3 is 6.85 Å². The van der Waals surface area contributed by atoms with Crippen LogP contribution in [0.15, 0.2) is 70.8 Å². The Morgan fingerprint density at radius 3 is 2.79 bits per heavy atom. The average molecular weight is 383 g/mol. The lowest BCUT2D eigenvalue weighted by atomic mass is 9.49. The molecule has 0 radical (unpaired) electrons. The number of nitrogens with zero attached hydrogens (tertiary/aromatic N) is 3. The first kappa shape index (κ1) is 14.6. The van der Waals surface area contributed by atoms with Crippen molar-refractivity contribution < 1.29 is 13.1 Å². The maximum absolute atomic E-state index is 8.10. The molecule has 0 saturated carbocycles. The fraction of sp³-hybridized carbons (Fsp3) is 0.167. The highest BCUT2D eigenvalue weighted by molar-refractivity contribution is 6.83. The van der Waals surface area contributed by atoms with E-state index in [0.29, 0.717) is 11.3 Å². The Kier molecular flexibility index (Phi) is 3.34. The van der Waals surface area contributed by atoms with Gasteiger partial charge in [0.25, 0.3) is 0 Å². The van der Waals surface area contributed by atoms with Gasteiger partial charge < -0.3 is 9.23 Å². The summed E-state index contributed by atoms with van der Waals surface area (Å²) in [5.74, 6) is 0.792. The minimum atomic E-state index is -2.22. The van der Waals surface area contributed by atoms with Gasteiger partial charge in [-0.15, -0.1) is 0 Å². The number of aromatic nitrogens is 2. The first-order valence-corrected chi connectivity index (χ1v) is 9.63. The predicted octanol–water partition coefficient (Wildman–Crippen LogP) is 3.92. The Morgan fingerprint density at radius 1 is 1.17 bits per heavy atom. The fourth-order valence-electron chi connectivity index (χ4n) is 4.34. The van der Waals surface area contributed by atoms with E-state index in [4.69, 9.17) is 8.53 Å².